The Hall–Kier alpha value is -2.57. The predicted molar refractivity (Wildman–Crippen MR) is 96.8 cm³/mol. The Morgan fingerprint density at radius 2 is 2.04 bits per heavy atom. The second kappa shape index (κ2) is 8.33. The summed E-state index contributed by atoms with van der Waals surface area (Å²) in [4.78, 5) is 7.90. The molecule has 0 heterocycles. The molecule has 0 fully saturated rings. The first kappa shape index (κ1) is 19.5. The fourth-order valence-corrected chi connectivity index (χ4v) is 1.66. The monoisotopic (exact) mass is 335 g/mol. The van der Waals surface area contributed by atoms with Crippen molar-refractivity contribution < 1.29 is 9.13 Å². The van der Waals surface area contributed by atoms with Crippen LogP contribution in [0, 0.1) is 6.92 Å². The highest BCUT2D eigenvalue weighted by molar-refractivity contribution is 5.99. The number of halogens is 1. The van der Waals surface area contributed by atoms with Crippen LogP contribution in [0.15, 0.2) is 46.7 Å². The van der Waals surface area contributed by atoms with Crippen molar-refractivity contribution in [1.29, 1.82) is 0 Å². The highest BCUT2D eigenvalue weighted by Crippen LogP contribution is 2.12. The molecule has 6 nitrogen and oxygen atoms in total. The van der Waals surface area contributed by atoms with E-state index in [9.17, 15) is 4.39 Å². The zero-order valence-electron chi connectivity index (χ0n) is 14.6. The summed E-state index contributed by atoms with van der Waals surface area (Å²) in [7, 11) is 0. The molecule has 0 saturated carbocycles. The van der Waals surface area contributed by atoms with E-state index in [1.165, 1.54) is 13.8 Å². The zero-order valence-corrected chi connectivity index (χ0v) is 14.6. The Morgan fingerprint density at radius 1 is 1.38 bits per heavy atom. The van der Waals surface area contributed by atoms with Crippen LogP contribution in [-0.2, 0) is 0 Å². The van der Waals surface area contributed by atoms with E-state index in [4.69, 9.17) is 16.2 Å². The minimum Gasteiger partial charge on any atom is -0.491 e. The number of benzene rings is 1. The molecular formula is C17H26FN5O. The molecule has 0 saturated heterocycles. The van der Waals surface area contributed by atoms with E-state index in [-0.39, 0.29) is 23.7 Å². The van der Waals surface area contributed by atoms with Crippen molar-refractivity contribution in [2.45, 2.75) is 39.4 Å². The first-order valence-corrected chi connectivity index (χ1v) is 7.60. The molecule has 0 aliphatic heterocycles. The molecule has 7 heteroatoms. The maximum atomic E-state index is 13.8. The maximum Gasteiger partial charge on any atom is 0.226 e. The molecule has 0 spiro atoms. The number of nitrogens with zero attached hydrogens (tertiary/aromatic N) is 2. The Balaban J connectivity index is 2.74. The van der Waals surface area contributed by atoms with Gasteiger partial charge >= 0.3 is 0 Å². The summed E-state index contributed by atoms with van der Waals surface area (Å²) in [5.74, 6) is 0.684. The van der Waals surface area contributed by atoms with Gasteiger partial charge in [0.15, 0.2) is 5.67 Å². The van der Waals surface area contributed by atoms with Crippen LogP contribution in [0.3, 0.4) is 0 Å². The highest BCUT2D eigenvalue weighted by Gasteiger charge is 2.22. The summed E-state index contributed by atoms with van der Waals surface area (Å²) in [5, 5.41) is 2.99. The third-order valence-electron chi connectivity index (χ3n) is 2.95. The summed E-state index contributed by atoms with van der Waals surface area (Å²) in [5.41, 5.74) is 10.5. The van der Waals surface area contributed by atoms with Gasteiger partial charge in [0, 0.05) is 0 Å². The normalized spacial score (nSPS) is 14.2. The lowest BCUT2D eigenvalue weighted by Crippen LogP contribution is -2.40. The number of guanidine groups is 1. The SMILES string of the molecule is C=C(N)/N=C(\N=C(/N)C(C)(C)F)NC(C)COc1cccc(C)c1. The molecule has 0 bridgehead atoms. The molecule has 0 aliphatic rings. The quantitative estimate of drug-likeness (QED) is 0.548. The number of alkyl halides is 1. The van der Waals surface area contributed by atoms with Gasteiger partial charge in [-0.25, -0.2) is 4.39 Å². The Labute approximate surface area is 142 Å². The standard InChI is InChI=1S/C17H26FN5O/c1-11-7-6-8-14(9-11)24-10-12(2)21-16(22-13(3)19)23-15(20)17(4,5)18/h6-9,12H,3,10,19H2,1-2,4-5H3,(H3,20,21,22,23). The number of amidine groups is 1. The number of hydrogen-bond donors (Lipinski definition) is 3. The Bertz CT molecular complexity index is 634. The van der Waals surface area contributed by atoms with Gasteiger partial charge in [0.25, 0.3) is 0 Å². The average Bonchev–Trinajstić information content (AvgIpc) is 2.43. The molecule has 0 radical (unpaired) electrons. The molecule has 24 heavy (non-hydrogen) atoms. The van der Waals surface area contributed by atoms with Crippen LogP contribution in [0.25, 0.3) is 0 Å². The highest BCUT2D eigenvalue weighted by atomic mass is 19.1. The number of nitrogens with two attached hydrogens (primary N) is 2. The van der Waals surface area contributed by atoms with Crippen molar-refractivity contribution in [3.63, 3.8) is 0 Å². The molecule has 1 rings (SSSR count). The number of aliphatic imine (C=N–C) groups is 2. The van der Waals surface area contributed by atoms with E-state index < -0.39 is 5.67 Å². The molecule has 5 N–H and O–H groups in total. The van der Waals surface area contributed by atoms with Crippen molar-refractivity contribution in [2.24, 2.45) is 21.5 Å². The molecule has 132 valence electrons. The summed E-state index contributed by atoms with van der Waals surface area (Å²) < 4.78 is 19.5. The smallest absolute Gasteiger partial charge is 0.226 e. The van der Waals surface area contributed by atoms with Gasteiger partial charge in [-0.05, 0) is 45.4 Å². The van der Waals surface area contributed by atoms with E-state index in [2.05, 4.69) is 21.9 Å². The topological polar surface area (TPSA) is 98.0 Å². The van der Waals surface area contributed by atoms with Crippen LogP contribution < -0.4 is 21.5 Å². The largest absolute Gasteiger partial charge is 0.491 e. The second-order valence-corrected chi connectivity index (χ2v) is 6.07. The fraction of sp³-hybridized carbons (Fsp3) is 0.412. The molecule has 1 aromatic rings. The van der Waals surface area contributed by atoms with Gasteiger partial charge in [0.1, 0.15) is 24.0 Å². The van der Waals surface area contributed by atoms with E-state index >= 15 is 0 Å². The molecule has 0 amide bonds. The number of nitrogens with one attached hydrogen (secondary N) is 1. The van der Waals surface area contributed by atoms with Crippen molar-refractivity contribution >= 4 is 11.8 Å². The minimum atomic E-state index is -1.76. The van der Waals surface area contributed by atoms with Gasteiger partial charge in [-0.15, -0.1) is 0 Å². The van der Waals surface area contributed by atoms with Gasteiger partial charge in [0.05, 0.1) is 6.04 Å². The summed E-state index contributed by atoms with van der Waals surface area (Å²) in [6.45, 7) is 10.3. The summed E-state index contributed by atoms with van der Waals surface area (Å²) >= 11 is 0. The summed E-state index contributed by atoms with van der Waals surface area (Å²) in [6, 6.07) is 7.55. The van der Waals surface area contributed by atoms with Crippen LogP contribution in [0.1, 0.15) is 26.3 Å². The van der Waals surface area contributed by atoms with Gasteiger partial charge in [-0.1, -0.05) is 18.7 Å². The predicted octanol–water partition coefficient (Wildman–Crippen LogP) is 2.24. The van der Waals surface area contributed by atoms with Crippen LogP contribution in [0.2, 0.25) is 0 Å². The minimum absolute atomic E-state index is 0.0394. The number of rotatable bonds is 6. The van der Waals surface area contributed by atoms with Crippen LogP contribution >= 0.6 is 0 Å². The Morgan fingerprint density at radius 3 is 2.58 bits per heavy atom. The van der Waals surface area contributed by atoms with Gasteiger partial charge < -0.3 is 21.5 Å². The second-order valence-electron chi connectivity index (χ2n) is 6.07. The Kier molecular flexibility index (Phi) is 6.76. The number of hydrogen-bond acceptors (Lipinski definition) is 3. The van der Waals surface area contributed by atoms with Gasteiger partial charge in [0.2, 0.25) is 5.96 Å². The third kappa shape index (κ3) is 7.13. The van der Waals surface area contributed by atoms with Crippen molar-refractivity contribution in [2.75, 3.05) is 6.61 Å². The first-order chi connectivity index (χ1) is 11.1. The lowest BCUT2D eigenvalue weighted by Gasteiger charge is -2.18. The molecule has 0 aromatic heterocycles. The number of ether oxygens (including phenoxy) is 1. The lowest BCUT2D eigenvalue weighted by molar-refractivity contribution is 0.286. The molecular weight excluding hydrogens is 309 g/mol. The molecule has 1 aromatic carbocycles. The molecule has 1 unspecified atom stereocenters. The van der Waals surface area contributed by atoms with Crippen LogP contribution in [-0.4, -0.2) is 30.1 Å². The fourth-order valence-electron chi connectivity index (χ4n) is 1.66. The van der Waals surface area contributed by atoms with E-state index in [1.54, 1.807) is 0 Å². The third-order valence-corrected chi connectivity index (χ3v) is 2.95. The van der Waals surface area contributed by atoms with Gasteiger partial charge in [-0.3, -0.25) is 0 Å². The number of aryl methyl sites for hydroxylation is 1. The van der Waals surface area contributed by atoms with Crippen molar-refractivity contribution in [1.82, 2.24) is 5.32 Å². The average molecular weight is 335 g/mol. The van der Waals surface area contributed by atoms with Gasteiger partial charge in [-0.2, -0.15) is 9.98 Å². The zero-order chi connectivity index (χ0) is 18.3. The maximum absolute atomic E-state index is 13.8. The summed E-state index contributed by atoms with van der Waals surface area (Å²) in [6.07, 6.45) is 0. The van der Waals surface area contributed by atoms with E-state index in [1.807, 2.05) is 38.1 Å². The lowest BCUT2D eigenvalue weighted by atomic mass is 10.1. The first-order valence-electron chi connectivity index (χ1n) is 7.60. The van der Waals surface area contributed by atoms with Crippen LogP contribution in [0.5, 0.6) is 5.75 Å². The molecule has 1 atom stereocenters. The van der Waals surface area contributed by atoms with E-state index in [0.29, 0.717) is 6.61 Å². The van der Waals surface area contributed by atoms with Crippen molar-refractivity contribution in [3.8, 4) is 5.75 Å². The van der Waals surface area contributed by atoms with E-state index in [0.717, 1.165) is 11.3 Å². The van der Waals surface area contributed by atoms with Crippen LogP contribution in [0.4, 0.5) is 4.39 Å². The van der Waals surface area contributed by atoms with Crippen molar-refractivity contribution in [3.05, 3.63) is 42.2 Å². The molecule has 0 aliphatic carbocycles.